The van der Waals surface area contributed by atoms with E-state index in [4.69, 9.17) is 0 Å². The predicted octanol–water partition coefficient (Wildman–Crippen LogP) is 4.60. The molecular weight excluding hydrogens is 335 g/mol. The van der Waals surface area contributed by atoms with Gasteiger partial charge < -0.3 is 5.11 Å². The van der Waals surface area contributed by atoms with Crippen molar-refractivity contribution in [2.45, 2.75) is 22.7 Å². The monoisotopic (exact) mass is 350 g/mol. The zero-order valence-electron chi connectivity index (χ0n) is 10.0. The Bertz CT molecular complexity index is 550. The van der Waals surface area contributed by atoms with E-state index in [1.165, 1.54) is 16.7 Å². The van der Waals surface area contributed by atoms with Crippen LogP contribution < -0.4 is 0 Å². The average Bonchev–Trinajstić information content (AvgIpc) is 2.40. The van der Waals surface area contributed by atoms with Crippen molar-refractivity contribution in [3.05, 3.63) is 65.2 Å². The summed E-state index contributed by atoms with van der Waals surface area (Å²) in [6.07, 6.45) is 2.22. The maximum atomic E-state index is 9.55. The van der Waals surface area contributed by atoms with Crippen LogP contribution in [0.1, 0.15) is 33.0 Å². The highest BCUT2D eigenvalue weighted by Gasteiger charge is 2.28. The zero-order chi connectivity index (χ0) is 12.5. The van der Waals surface area contributed by atoms with Crippen molar-refractivity contribution in [1.29, 1.82) is 0 Å². The number of hydrogen-bond donors (Lipinski definition) is 1. The second kappa shape index (κ2) is 4.92. The lowest BCUT2D eigenvalue weighted by Gasteiger charge is -2.30. The van der Waals surface area contributed by atoms with E-state index >= 15 is 0 Å². The van der Waals surface area contributed by atoms with Crippen LogP contribution in [0, 0.1) is 0 Å². The van der Waals surface area contributed by atoms with E-state index in [1.807, 2.05) is 6.07 Å². The molecule has 3 rings (SSSR count). The molecule has 0 aromatic heterocycles. The van der Waals surface area contributed by atoms with Gasteiger partial charge in [-0.2, -0.15) is 0 Å². The first-order valence-corrected chi connectivity index (χ1v) is 7.51. The minimum absolute atomic E-state index is 0.385. The minimum atomic E-state index is 0.385. The number of alkyl halides is 1. The molecule has 0 radical (unpaired) electrons. The first kappa shape index (κ1) is 12.0. The maximum Gasteiger partial charge on any atom is 0.115 e. The van der Waals surface area contributed by atoms with Gasteiger partial charge in [-0.1, -0.05) is 59.0 Å². The Labute approximate surface area is 121 Å². The molecule has 2 heteroatoms. The first-order valence-electron chi connectivity index (χ1n) is 6.26. The van der Waals surface area contributed by atoms with Gasteiger partial charge in [0.25, 0.3) is 0 Å². The molecule has 2 atom stereocenters. The molecule has 0 aliphatic heterocycles. The lowest BCUT2D eigenvalue weighted by Crippen LogP contribution is -2.15. The lowest BCUT2D eigenvalue weighted by molar-refractivity contribution is 0.472. The fourth-order valence-corrected chi connectivity index (χ4v) is 4.17. The van der Waals surface area contributed by atoms with E-state index in [2.05, 4.69) is 59.0 Å². The van der Waals surface area contributed by atoms with Crippen molar-refractivity contribution in [1.82, 2.24) is 0 Å². The molecule has 0 saturated carbocycles. The summed E-state index contributed by atoms with van der Waals surface area (Å²) in [6.45, 7) is 0. The highest BCUT2D eigenvalue weighted by molar-refractivity contribution is 14.1. The molecule has 2 aromatic carbocycles. The topological polar surface area (TPSA) is 20.2 Å². The number of rotatable bonds is 1. The molecule has 1 aliphatic rings. The van der Waals surface area contributed by atoms with Gasteiger partial charge in [0.2, 0.25) is 0 Å². The Morgan fingerprint density at radius 1 is 1.06 bits per heavy atom. The minimum Gasteiger partial charge on any atom is -0.508 e. The maximum absolute atomic E-state index is 9.55. The average molecular weight is 350 g/mol. The predicted molar refractivity (Wildman–Crippen MR) is 82.4 cm³/mol. The van der Waals surface area contributed by atoms with Gasteiger partial charge in [-0.3, -0.25) is 0 Å². The molecule has 1 aliphatic carbocycles. The molecule has 0 saturated heterocycles. The number of aromatic hydroxyl groups is 1. The molecular formula is C16H15IO. The van der Waals surface area contributed by atoms with Crippen LogP contribution in [0.3, 0.4) is 0 Å². The van der Waals surface area contributed by atoms with Gasteiger partial charge in [-0.25, -0.2) is 0 Å². The van der Waals surface area contributed by atoms with Gasteiger partial charge in [-0.15, -0.1) is 0 Å². The second-order valence-corrected chi connectivity index (χ2v) is 6.18. The SMILES string of the molecule is Oc1ccc2c(c1)CCC(c1ccccc1)C2I. The molecule has 1 nitrogen and oxygen atoms in total. The largest absolute Gasteiger partial charge is 0.508 e. The first-order chi connectivity index (χ1) is 8.75. The number of fused-ring (bicyclic) bond motifs is 1. The summed E-state index contributed by atoms with van der Waals surface area (Å²) in [7, 11) is 0. The van der Waals surface area contributed by atoms with Crippen molar-refractivity contribution in [3.63, 3.8) is 0 Å². The van der Waals surface area contributed by atoms with E-state index in [0.717, 1.165) is 12.8 Å². The third-order valence-electron chi connectivity index (χ3n) is 3.73. The number of benzene rings is 2. The molecule has 0 fully saturated rings. The molecule has 1 N–H and O–H groups in total. The smallest absolute Gasteiger partial charge is 0.115 e. The van der Waals surface area contributed by atoms with E-state index in [-0.39, 0.29) is 0 Å². The third-order valence-corrected chi connectivity index (χ3v) is 5.27. The highest BCUT2D eigenvalue weighted by atomic mass is 127. The number of halogens is 1. The molecule has 2 unspecified atom stereocenters. The molecule has 0 heterocycles. The Balaban J connectivity index is 1.97. The van der Waals surface area contributed by atoms with Gasteiger partial charge >= 0.3 is 0 Å². The van der Waals surface area contributed by atoms with Crippen LogP contribution >= 0.6 is 22.6 Å². The van der Waals surface area contributed by atoms with Crippen LogP contribution in [0.25, 0.3) is 0 Å². The summed E-state index contributed by atoms with van der Waals surface area (Å²) < 4.78 is 0.495. The Morgan fingerprint density at radius 3 is 2.61 bits per heavy atom. The second-order valence-electron chi connectivity index (χ2n) is 4.84. The Morgan fingerprint density at radius 2 is 1.83 bits per heavy atom. The van der Waals surface area contributed by atoms with Crippen LogP contribution in [0.15, 0.2) is 48.5 Å². The lowest BCUT2D eigenvalue weighted by atomic mass is 9.80. The quantitative estimate of drug-likeness (QED) is 0.589. The van der Waals surface area contributed by atoms with Gasteiger partial charge in [0, 0.05) is 9.84 Å². The standard InChI is InChI=1S/C16H15IO/c17-16-14(11-4-2-1-3-5-11)8-6-12-10-13(18)7-9-15(12)16/h1-5,7,9-10,14,16,18H,6,8H2. The van der Waals surface area contributed by atoms with Crippen LogP contribution in [0.2, 0.25) is 0 Å². The van der Waals surface area contributed by atoms with E-state index in [0.29, 0.717) is 15.6 Å². The molecule has 0 spiro atoms. The molecule has 0 amide bonds. The normalized spacial score (nSPS) is 22.5. The van der Waals surface area contributed by atoms with Gasteiger partial charge in [0.15, 0.2) is 0 Å². The highest BCUT2D eigenvalue weighted by Crippen LogP contribution is 2.46. The summed E-state index contributed by atoms with van der Waals surface area (Å²) in [6, 6.07) is 16.6. The summed E-state index contributed by atoms with van der Waals surface area (Å²) in [5.74, 6) is 0.972. The fourth-order valence-electron chi connectivity index (χ4n) is 2.79. The van der Waals surface area contributed by atoms with Crippen LogP contribution in [0.4, 0.5) is 0 Å². The molecule has 2 aromatic rings. The van der Waals surface area contributed by atoms with E-state index < -0.39 is 0 Å². The molecule has 18 heavy (non-hydrogen) atoms. The van der Waals surface area contributed by atoms with Gasteiger partial charge in [0.1, 0.15) is 5.75 Å². The van der Waals surface area contributed by atoms with E-state index in [1.54, 1.807) is 6.07 Å². The van der Waals surface area contributed by atoms with Crippen molar-refractivity contribution >= 4 is 22.6 Å². The summed E-state index contributed by atoms with van der Waals surface area (Å²) in [4.78, 5) is 0. The number of phenolic OH excluding ortho intramolecular Hbond substituents is 1. The van der Waals surface area contributed by atoms with Crippen molar-refractivity contribution in [2.75, 3.05) is 0 Å². The summed E-state index contributed by atoms with van der Waals surface area (Å²) in [5.41, 5.74) is 4.12. The van der Waals surface area contributed by atoms with Crippen molar-refractivity contribution < 1.29 is 5.11 Å². The molecule has 92 valence electrons. The Kier molecular flexibility index (Phi) is 3.29. The number of phenols is 1. The number of hydrogen-bond acceptors (Lipinski definition) is 1. The summed E-state index contributed by atoms with van der Waals surface area (Å²) >= 11 is 2.54. The van der Waals surface area contributed by atoms with Crippen LogP contribution in [-0.2, 0) is 6.42 Å². The van der Waals surface area contributed by atoms with Crippen molar-refractivity contribution in [2.24, 2.45) is 0 Å². The fraction of sp³-hybridized carbons (Fsp3) is 0.250. The van der Waals surface area contributed by atoms with Crippen LogP contribution in [0.5, 0.6) is 5.75 Å². The number of aryl methyl sites for hydroxylation is 1. The van der Waals surface area contributed by atoms with Crippen LogP contribution in [-0.4, -0.2) is 5.11 Å². The zero-order valence-corrected chi connectivity index (χ0v) is 12.2. The van der Waals surface area contributed by atoms with Crippen molar-refractivity contribution in [3.8, 4) is 5.75 Å². The summed E-state index contributed by atoms with van der Waals surface area (Å²) in [5, 5.41) is 9.55. The van der Waals surface area contributed by atoms with Gasteiger partial charge in [0.05, 0.1) is 0 Å². The van der Waals surface area contributed by atoms with E-state index in [9.17, 15) is 5.11 Å². The Hall–Kier alpha value is -1.03. The third kappa shape index (κ3) is 2.14. The van der Waals surface area contributed by atoms with Gasteiger partial charge in [-0.05, 0) is 41.7 Å². The molecule has 0 bridgehead atoms.